The molecule has 1 aliphatic heterocycles. The zero-order valence-electron chi connectivity index (χ0n) is 16.9. The molecule has 0 fully saturated rings. The maximum Gasteiger partial charge on any atom is 0.283 e. The summed E-state index contributed by atoms with van der Waals surface area (Å²) in [5.41, 5.74) is 3.12. The van der Waals surface area contributed by atoms with E-state index in [1.165, 1.54) is 21.4 Å². The molecule has 2 aromatic carbocycles. The van der Waals surface area contributed by atoms with Crippen LogP contribution in [-0.4, -0.2) is 35.6 Å². The molecular formula is C22H19N5O4S. The van der Waals surface area contributed by atoms with Crippen LogP contribution in [0.5, 0.6) is 0 Å². The van der Waals surface area contributed by atoms with E-state index in [-0.39, 0.29) is 17.5 Å². The van der Waals surface area contributed by atoms with Gasteiger partial charge in [0.25, 0.3) is 10.0 Å². The van der Waals surface area contributed by atoms with Crippen LogP contribution in [0.1, 0.15) is 5.56 Å². The van der Waals surface area contributed by atoms with Crippen LogP contribution in [0.4, 0.5) is 11.4 Å². The van der Waals surface area contributed by atoms with Crippen LogP contribution in [-0.2, 0) is 27.8 Å². The van der Waals surface area contributed by atoms with Gasteiger partial charge in [0.1, 0.15) is 6.54 Å². The first kappa shape index (κ1) is 20.0. The summed E-state index contributed by atoms with van der Waals surface area (Å²) in [6, 6.07) is 16.3. The lowest BCUT2D eigenvalue weighted by Gasteiger charge is -2.17. The summed E-state index contributed by atoms with van der Waals surface area (Å²) >= 11 is 0. The van der Waals surface area contributed by atoms with Crippen molar-refractivity contribution in [3.63, 3.8) is 0 Å². The van der Waals surface area contributed by atoms with Crippen molar-refractivity contribution >= 4 is 27.3 Å². The number of rotatable bonds is 6. The van der Waals surface area contributed by atoms with Gasteiger partial charge in [0.15, 0.2) is 10.8 Å². The maximum absolute atomic E-state index is 13.1. The molecule has 1 amide bonds. The zero-order valence-corrected chi connectivity index (χ0v) is 17.7. The summed E-state index contributed by atoms with van der Waals surface area (Å²) < 4.78 is 34.0. The number of nitrogens with zero attached hydrogens (tertiary/aromatic N) is 4. The highest BCUT2D eigenvalue weighted by Crippen LogP contribution is 2.32. The van der Waals surface area contributed by atoms with Crippen molar-refractivity contribution in [2.75, 3.05) is 16.2 Å². The van der Waals surface area contributed by atoms with Gasteiger partial charge in [-0.3, -0.25) is 9.10 Å². The molecule has 0 atom stereocenters. The Hall–Kier alpha value is -3.92. The van der Waals surface area contributed by atoms with E-state index in [0.717, 1.165) is 11.1 Å². The van der Waals surface area contributed by atoms with Crippen LogP contribution in [0.25, 0.3) is 11.3 Å². The van der Waals surface area contributed by atoms with Crippen molar-refractivity contribution in [1.82, 2.24) is 14.7 Å². The second-order valence-electron chi connectivity index (χ2n) is 7.34. The lowest BCUT2D eigenvalue weighted by Crippen LogP contribution is -2.29. The predicted octanol–water partition coefficient (Wildman–Crippen LogP) is 2.93. The Labute approximate surface area is 184 Å². The lowest BCUT2D eigenvalue weighted by molar-refractivity contribution is -0.116. The third-order valence-corrected chi connectivity index (χ3v) is 6.92. The Balaban J connectivity index is 1.26. The van der Waals surface area contributed by atoms with E-state index in [2.05, 4.69) is 15.5 Å². The third-order valence-electron chi connectivity index (χ3n) is 5.23. The Morgan fingerprint density at radius 2 is 1.91 bits per heavy atom. The number of fused-ring (bicyclic) bond motifs is 1. The molecule has 0 bridgehead atoms. The van der Waals surface area contributed by atoms with Gasteiger partial charge in [0.05, 0.1) is 18.2 Å². The number of carbonyl (C=O) groups excluding carboxylic acids is 1. The molecule has 2 aromatic heterocycles. The average molecular weight is 449 g/mol. The van der Waals surface area contributed by atoms with Gasteiger partial charge in [-0.2, -0.15) is 8.42 Å². The van der Waals surface area contributed by atoms with E-state index in [4.69, 9.17) is 4.52 Å². The summed E-state index contributed by atoms with van der Waals surface area (Å²) in [6.45, 7) is 0.308. The molecule has 0 unspecified atom stereocenters. The molecular weight excluding hydrogens is 430 g/mol. The highest BCUT2D eigenvalue weighted by Gasteiger charge is 2.32. The van der Waals surface area contributed by atoms with E-state index in [1.807, 2.05) is 30.3 Å². The van der Waals surface area contributed by atoms with Crippen LogP contribution >= 0.6 is 0 Å². The monoisotopic (exact) mass is 449 g/mol. The van der Waals surface area contributed by atoms with Crippen molar-refractivity contribution in [2.45, 2.75) is 18.0 Å². The minimum Gasteiger partial charge on any atom is -0.356 e. The van der Waals surface area contributed by atoms with Gasteiger partial charge in [-0.1, -0.05) is 23.4 Å². The first-order valence-electron chi connectivity index (χ1n) is 9.94. The van der Waals surface area contributed by atoms with Crippen molar-refractivity contribution in [3.05, 3.63) is 78.9 Å². The fraction of sp³-hybridized carbons (Fsp3) is 0.136. The molecule has 0 spiro atoms. The highest BCUT2D eigenvalue weighted by atomic mass is 32.2. The van der Waals surface area contributed by atoms with Crippen molar-refractivity contribution < 1.29 is 17.7 Å². The summed E-state index contributed by atoms with van der Waals surface area (Å²) in [5, 5.41) is 6.37. The summed E-state index contributed by atoms with van der Waals surface area (Å²) in [4.78, 5) is 16.5. The molecule has 162 valence electrons. The summed E-state index contributed by atoms with van der Waals surface area (Å²) in [6.07, 6.45) is 4.95. The Bertz CT molecular complexity index is 1360. The van der Waals surface area contributed by atoms with E-state index >= 15 is 0 Å². The number of anilines is 2. The van der Waals surface area contributed by atoms with Crippen molar-refractivity contribution in [2.24, 2.45) is 0 Å². The number of hydrogen-bond acceptors (Lipinski definition) is 6. The standard InChI is InChI=1S/C22H19N5O4S/c28-21(25-18-7-5-17(6-8-18)20-9-11-24-31-20)13-26-14-22(23-15-26)32(29,30)27-12-10-16-3-1-2-4-19(16)27/h1-9,11,14-15H,10,12-13H2,(H,25,28). The SMILES string of the molecule is O=C(Cn1cnc(S(=O)(=O)N2CCc3ccccc32)c1)Nc1ccc(-c2ccno2)cc1. The number of hydrogen-bond donors (Lipinski definition) is 1. The molecule has 3 heterocycles. The van der Waals surface area contributed by atoms with Crippen LogP contribution < -0.4 is 9.62 Å². The van der Waals surface area contributed by atoms with Crippen molar-refractivity contribution in [3.8, 4) is 11.3 Å². The maximum atomic E-state index is 13.1. The summed E-state index contributed by atoms with van der Waals surface area (Å²) in [5.74, 6) is 0.334. The second kappa shape index (κ2) is 7.97. The highest BCUT2D eigenvalue weighted by molar-refractivity contribution is 7.92. The van der Waals surface area contributed by atoms with Gasteiger partial charge in [0, 0.05) is 30.1 Å². The fourth-order valence-corrected chi connectivity index (χ4v) is 5.12. The topological polar surface area (TPSA) is 110 Å². The fourth-order valence-electron chi connectivity index (χ4n) is 3.68. The predicted molar refractivity (Wildman–Crippen MR) is 117 cm³/mol. The molecule has 0 saturated carbocycles. The minimum absolute atomic E-state index is 0.0665. The molecule has 0 aliphatic carbocycles. The largest absolute Gasteiger partial charge is 0.356 e. The van der Waals surface area contributed by atoms with Crippen LogP contribution in [0.3, 0.4) is 0 Å². The molecule has 1 N–H and O–H groups in total. The second-order valence-corrected chi connectivity index (χ2v) is 9.15. The van der Waals surface area contributed by atoms with Gasteiger partial charge in [-0.25, -0.2) is 4.98 Å². The van der Waals surface area contributed by atoms with E-state index < -0.39 is 10.0 Å². The van der Waals surface area contributed by atoms with Gasteiger partial charge in [-0.15, -0.1) is 0 Å². The van der Waals surface area contributed by atoms with E-state index in [1.54, 1.807) is 30.5 Å². The van der Waals surface area contributed by atoms with E-state index in [9.17, 15) is 13.2 Å². The quantitative estimate of drug-likeness (QED) is 0.485. The number of imidazole rings is 1. The number of amides is 1. The smallest absolute Gasteiger partial charge is 0.283 e. The van der Waals surface area contributed by atoms with E-state index in [0.29, 0.717) is 30.1 Å². The third kappa shape index (κ3) is 3.76. The van der Waals surface area contributed by atoms with Crippen LogP contribution in [0.2, 0.25) is 0 Å². The number of para-hydroxylation sites is 1. The molecule has 9 nitrogen and oxygen atoms in total. The van der Waals surface area contributed by atoms with Gasteiger partial charge >= 0.3 is 0 Å². The minimum atomic E-state index is -3.80. The first-order chi connectivity index (χ1) is 15.5. The molecule has 32 heavy (non-hydrogen) atoms. The van der Waals surface area contributed by atoms with Crippen molar-refractivity contribution in [1.29, 1.82) is 0 Å². The molecule has 5 rings (SSSR count). The molecule has 0 saturated heterocycles. The van der Waals surface area contributed by atoms with Crippen LogP contribution in [0.15, 0.2) is 82.9 Å². The molecule has 4 aromatic rings. The average Bonchev–Trinajstić information content (AvgIpc) is 3.55. The van der Waals surface area contributed by atoms with Gasteiger partial charge in [-0.05, 0) is 42.3 Å². The van der Waals surface area contributed by atoms with Crippen LogP contribution in [0, 0.1) is 0 Å². The zero-order chi connectivity index (χ0) is 22.1. The Morgan fingerprint density at radius 3 is 2.69 bits per heavy atom. The lowest BCUT2D eigenvalue weighted by atomic mass is 10.1. The number of benzene rings is 2. The normalized spacial score (nSPS) is 13.2. The van der Waals surface area contributed by atoms with Gasteiger partial charge < -0.3 is 14.4 Å². The molecule has 1 aliphatic rings. The molecule has 10 heteroatoms. The number of aromatic nitrogens is 3. The first-order valence-corrected chi connectivity index (χ1v) is 11.4. The summed E-state index contributed by atoms with van der Waals surface area (Å²) in [7, 11) is -3.80. The number of nitrogens with one attached hydrogen (secondary N) is 1. The number of carbonyl (C=O) groups is 1. The van der Waals surface area contributed by atoms with Gasteiger partial charge in [0.2, 0.25) is 5.91 Å². The Morgan fingerprint density at radius 1 is 1.09 bits per heavy atom. The molecule has 0 radical (unpaired) electrons. The number of sulfonamides is 1. The Kier molecular flexibility index (Phi) is 4.98.